The molecule has 0 saturated carbocycles. The molecule has 0 aromatic carbocycles. The molecule has 18 heavy (non-hydrogen) atoms. The van der Waals surface area contributed by atoms with Crippen molar-refractivity contribution in [2.24, 2.45) is 5.73 Å². The van der Waals surface area contributed by atoms with E-state index < -0.39 is 0 Å². The Morgan fingerprint density at radius 1 is 1.17 bits per heavy atom. The zero-order valence-corrected chi connectivity index (χ0v) is 10.4. The van der Waals surface area contributed by atoms with Crippen LogP contribution in [0.15, 0.2) is 41.4 Å². The number of nitrogens with two attached hydrogens (primary N) is 1. The Morgan fingerprint density at radius 2 is 2.00 bits per heavy atom. The standard InChI is InChI=1S/C13H12N4S/c14-7-11-12(9-1-4-15-5-2-9)13(17-16-11)10-3-6-18-8-10/h1-6,8H,7,14H2,(H,16,17). The number of H-pyrrole nitrogens is 1. The zero-order valence-electron chi connectivity index (χ0n) is 9.63. The molecular formula is C13H12N4S. The second kappa shape index (κ2) is 4.72. The summed E-state index contributed by atoms with van der Waals surface area (Å²) in [6, 6.07) is 6.01. The lowest BCUT2D eigenvalue weighted by Gasteiger charge is -2.03. The molecule has 3 N–H and O–H groups in total. The van der Waals surface area contributed by atoms with Crippen molar-refractivity contribution in [3.8, 4) is 22.4 Å². The first-order valence-corrected chi connectivity index (χ1v) is 6.54. The fourth-order valence-electron chi connectivity index (χ4n) is 1.96. The van der Waals surface area contributed by atoms with Gasteiger partial charge < -0.3 is 5.73 Å². The number of nitrogens with one attached hydrogen (secondary N) is 1. The van der Waals surface area contributed by atoms with E-state index in [0.29, 0.717) is 6.54 Å². The maximum atomic E-state index is 5.77. The van der Waals surface area contributed by atoms with Crippen LogP contribution in [-0.4, -0.2) is 15.2 Å². The molecule has 0 fully saturated rings. The molecule has 90 valence electrons. The molecule has 0 aliphatic carbocycles. The average Bonchev–Trinajstić information content (AvgIpc) is 3.08. The summed E-state index contributed by atoms with van der Waals surface area (Å²) in [5.74, 6) is 0. The van der Waals surface area contributed by atoms with Gasteiger partial charge >= 0.3 is 0 Å². The summed E-state index contributed by atoms with van der Waals surface area (Å²) in [7, 11) is 0. The summed E-state index contributed by atoms with van der Waals surface area (Å²) in [4.78, 5) is 4.04. The Balaban J connectivity index is 2.20. The van der Waals surface area contributed by atoms with Crippen LogP contribution >= 0.6 is 11.3 Å². The molecule has 5 heteroatoms. The van der Waals surface area contributed by atoms with Crippen molar-refractivity contribution >= 4 is 11.3 Å². The van der Waals surface area contributed by atoms with Gasteiger partial charge in [0.1, 0.15) is 5.69 Å². The molecular weight excluding hydrogens is 244 g/mol. The number of rotatable bonds is 3. The molecule has 0 amide bonds. The third kappa shape index (κ3) is 1.83. The molecule has 0 atom stereocenters. The number of hydrogen-bond donors (Lipinski definition) is 2. The fraction of sp³-hybridized carbons (Fsp3) is 0.0769. The Hall–Kier alpha value is -1.98. The Labute approximate surface area is 109 Å². The molecule has 0 radical (unpaired) electrons. The van der Waals surface area contributed by atoms with Crippen LogP contribution < -0.4 is 5.73 Å². The van der Waals surface area contributed by atoms with E-state index in [0.717, 1.165) is 28.1 Å². The van der Waals surface area contributed by atoms with E-state index in [1.54, 1.807) is 23.7 Å². The van der Waals surface area contributed by atoms with Gasteiger partial charge in [0.15, 0.2) is 0 Å². The maximum Gasteiger partial charge on any atom is 0.101 e. The second-order valence-corrected chi connectivity index (χ2v) is 4.66. The molecule has 3 aromatic heterocycles. The van der Waals surface area contributed by atoms with Crippen molar-refractivity contribution in [2.45, 2.75) is 6.54 Å². The minimum absolute atomic E-state index is 0.439. The van der Waals surface area contributed by atoms with E-state index in [4.69, 9.17) is 5.73 Å². The first-order chi connectivity index (χ1) is 8.90. The largest absolute Gasteiger partial charge is 0.325 e. The molecule has 3 aromatic rings. The number of aromatic nitrogens is 3. The van der Waals surface area contributed by atoms with Gasteiger partial charge in [-0.25, -0.2) is 0 Å². The van der Waals surface area contributed by atoms with Gasteiger partial charge in [-0.1, -0.05) is 0 Å². The van der Waals surface area contributed by atoms with Crippen LogP contribution in [0.25, 0.3) is 22.4 Å². The number of aromatic amines is 1. The summed E-state index contributed by atoms with van der Waals surface area (Å²) in [5.41, 5.74) is 10.9. The summed E-state index contributed by atoms with van der Waals surface area (Å²) < 4.78 is 0. The Bertz CT molecular complexity index is 628. The number of thiophene rings is 1. The molecule has 0 bridgehead atoms. The summed E-state index contributed by atoms with van der Waals surface area (Å²) in [5, 5.41) is 11.5. The van der Waals surface area contributed by atoms with Crippen molar-refractivity contribution < 1.29 is 0 Å². The Morgan fingerprint density at radius 3 is 2.67 bits per heavy atom. The van der Waals surface area contributed by atoms with Gasteiger partial charge in [-0.2, -0.15) is 16.4 Å². The lowest BCUT2D eigenvalue weighted by atomic mass is 10.0. The highest BCUT2D eigenvalue weighted by Gasteiger charge is 2.15. The predicted octanol–water partition coefficient (Wildman–Crippen LogP) is 2.66. The minimum Gasteiger partial charge on any atom is -0.325 e. The van der Waals surface area contributed by atoms with Crippen molar-refractivity contribution in [1.29, 1.82) is 0 Å². The SMILES string of the molecule is NCc1[nH]nc(-c2ccsc2)c1-c1ccncc1. The van der Waals surface area contributed by atoms with E-state index >= 15 is 0 Å². The van der Waals surface area contributed by atoms with Crippen molar-refractivity contribution in [3.63, 3.8) is 0 Å². The number of pyridine rings is 1. The van der Waals surface area contributed by atoms with Crippen molar-refractivity contribution in [3.05, 3.63) is 47.0 Å². The quantitative estimate of drug-likeness (QED) is 0.757. The van der Waals surface area contributed by atoms with Crippen molar-refractivity contribution in [1.82, 2.24) is 15.2 Å². The van der Waals surface area contributed by atoms with E-state index in [-0.39, 0.29) is 0 Å². The second-order valence-electron chi connectivity index (χ2n) is 3.88. The smallest absolute Gasteiger partial charge is 0.101 e. The minimum atomic E-state index is 0.439. The van der Waals surface area contributed by atoms with Crippen LogP contribution in [0, 0.1) is 0 Å². The molecule has 0 unspecified atom stereocenters. The van der Waals surface area contributed by atoms with Gasteiger partial charge in [-0.3, -0.25) is 10.1 Å². The van der Waals surface area contributed by atoms with Gasteiger partial charge in [0.2, 0.25) is 0 Å². The van der Waals surface area contributed by atoms with Gasteiger partial charge in [0.25, 0.3) is 0 Å². The molecule has 0 saturated heterocycles. The molecule has 3 rings (SSSR count). The van der Waals surface area contributed by atoms with Crippen LogP contribution in [0.5, 0.6) is 0 Å². The average molecular weight is 256 g/mol. The summed E-state index contributed by atoms with van der Waals surface area (Å²) >= 11 is 1.66. The molecule has 0 aliphatic rings. The molecule has 3 heterocycles. The van der Waals surface area contributed by atoms with E-state index in [1.165, 1.54) is 0 Å². The maximum absolute atomic E-state index is 5.77. The lowest BCUT2D eigenvalue weighted by Crippen LogP contribution is -1.98. The van der Waals surface area contributed by atoms with E-state index in [2.05, 4.69) is 26.6 Å². The van der Waals surface area contributed by atoms with Crippen LogP contribution in [0.3, 0.4) is 0 Å². The van der Waals surface area contributed by atoms with Gasteiger partial charge in [-0.05, 0) is 29.1 Å². The highest BCUT2D eigenvalue weighted by molar-refractivity contribution is 7.08. The fourth-order valence-corrected chi connectivity index (χ4v) is 2.60. The molecule has 0 spiro atoms. The first kappa shape index (κ1) is 11.1. The highest BCUT2D eigenvalue weighted by atomic mass is 32.1. The summed E-state index contributed by atoms with van der Waals surface area (Å²) in [6.07, 6.45) is 3.56. The first-order valence-electron chi connectivity index (χ1n) is 5.60. The number of nitrogens with zero attached hydrogens (tertiary/aromatic N) is 2. The topological polar surface area (TPSA) is 67.6 Å². The number of hydrogen-bond acceptors (Lipinski definition) is 4. The summed E-state index contributed by atoms with van der Waals surface area (Å²) in [6.45, 7) is 0.439. The van der Waals surface area contributed by atoms with Crippen LogP contribution in [0.2, 0.25) is 0 Å². The lowest BCUT2D eigenvalue weighted by molar-refractivity contribution is 0.950. The van der Waals surface area contributed by atoms with Crippen LogP contribution in [0.4, 0.5) is 0 Å². The highest BCUT2D eigenvalue weighted by Crippen LogP contribution is 2.33. The normalized spacial score (nSPS) is 10.7. The third-order valence-electron chi connectivity index (χ3n) is 2.81. The van der Waals surface area contributed by atoms with Crippen LogP contribution in [0.1, 0.15) is 5.69 Å². The van der Waals surface area contributed by atoms with E-state index in [1.807, 2.05) is 17.5 Å². The molecule has 4 nitrogen and oxygen atoms in total. The predicted molar refractivity (Wildman–Crippen MR) is 73.0 cm³/mol. The van der Waals surface area contributed by atoms with Crippen molar-refractivity contribution in [2.75, 3.05) is 0 Å². The monoisotopic (exact) mass is 256 g/mol. The third-order valence-corrected chi connectivity index (χ3v) is 3.49. The Kier molecular flexibility index (Phi) is 2.92. The van der Waals surface area contributed by atoms with E-state index in [9.17, 15) is 0 Å². The zero-order chi connectivity index (χ0) is 12.4. The van der Waals surface area contributed by atoms with Gasteiger partial charge in [0, 0.05) is 35.4 Å². The molecule has 0 aliphatic heterocycles. The van der Waals surface area contributed by atoms with Gasteiger partial charge in [0.05, 0.1) is 5.69 Å². The van der Waals surface area contributed by atoms with Crippen LogP contribution in [-0.2, 0) is 6.54 Å². The van der Waals surface area contributed by atoms with Gasteiger partial charge in [-0.15, -0.1) is 0 Å².